The highest BCUT2D eigenvalue weighted by Gasteiger charge is 2.09. The lowest BCUT2D eigenvalue weighted by Crippen LogP contribution is -2.12. The number of rotatable bonds is 3. The minimum absolute atomic E-state index is 0.345. The fourth-order valence-electron chi connectivity index (χ4n) is 1.72. The highest BCUT2D eigenvalue weighted by Crippen LogP contribution is 2.27. The number of para-hydroxylation sites is 1. The van der Waals surface area contributed by atoms with E-state index >= 15 is 0 Å². The molecule has 0 fully saturated rings. The van der Waals surface area contributed by atoms with Crippen molar-refractivity contribution in [1.29, 1.82) is 0 Å². The van der Waals surface area contributed by atoms with Crippen molar-refractivity contribution in [3.05, 3.63) is 53.6 Å². The number of aryl methyl sites for hydroxylation is 1. The number of benzene rings is 2. The molecule has 2 aromatic carbocycles. The van der Waals surface area contributed by atoms with Gasteiger partial charge < -0.3 is 16.2 Å². The standard InChI is InChI=1S/C14H14N2O2/c1-9-6-10(15)8-11(7-9)18-13-5-3-2-4-12(13)14(16)17/h2-8H,15H2,1H3,(H2,16,17). The van der Waals surface area contributed by atoms with Crippen LogP contribution >= 0.6 is 0 Å². The van der Waals surface area contributed by atoms with Gasteiger partial charge in [0, 0.05) is 11.8 Å². The third-order valence-electron chi connectivity index (χ3n) is 2.45. The molecule has 18 heavy (non-hydrogen) atoms. The summed E-state index contributed by atoms with van der Waals surface area (Å²) in [4.78, 5) is 11.3. The second kappa shape index (κ2) is 4.79. The van der Waals surface area contributed by atoms with Gasteiger partial charge in [-0.3, -0.25) is 4.79 Å². The number of primary amides is 1. The monoisotopic (exact) mass is 242 g/mol. The van der Waals surface area contributed by atoms with Gasteiger partial charge in [-0.25, -0.2) is 0 Å². The predicted molar refractivity (Wildman–Crippen MR) is 70.6 cm³/mol. The summed E-state index contributed by atoms with van der Waals surface area (Å²) < 4.78 is 5.65. The minimum atomic E-state index is -0.522. The number of hydrogen-bond donors (Lipinski definition) is 2. The summed E-state index contributed by atoms with van der Waals surface area (Å²) in [6.07, 6.45) is 0. The summed E-state index contributed by atoms with van der Waals surface area (Å²) in [5.41, 5.74) is 13.0. The largest absolute Gasteiger partial charge is 0.456 e. The maximum absolute atomic E-state index is 11.3. The Kier molecular flexibility index (Phi) is 3.19. The Balaban J connectivity index is 2.37. The van der Waals surface area contributed by atoms with Gasteiger partial charge in [0.1, 0.15) is 11.5 Å². The molecule has 0 bridgehead atoms. The summed E-state index contributed by atoms with van der Waals surface area (Å²) >= 11 is 0. The van der Waals surface area contributed by atoms with Crippen molar-refractivity contribution in [3.8, 4) is 11.5 Å². The van der Waals surface area contributed by atoms with Crippen LogP contribution in [-0.2, 0) is 0 Å². The van der Waals surface area contributed by atoms with Gasteiger partial charge in [0.25, 0.3) is 5.91 Å². The van der Waals surface area contributed by atoms with Crippen LogP contribution in [0.15, 0.2) is 42.5 Å². The number of carbonyl (C=O) groups is 1. The van der Waals surface area contributed by atoms with E-state index in [2.05, 4.69) is 0 Å². The predicted octanol–water partition coefficient (Wildman–Crippen LogP) is 2.47. The Bertz CT molecular complexity index is 574. The normalized spacial score (nSPS) is 10.1. The topological polar surface area (TPSA) is 78.3 Å². The fourth-order valence-corrected chi connectivity index (χ4v) is 1.72. The molecular formula is C14H14N2O2. The van der Waals surface area contributed by atoms with Crippen molar-refractivity contribution in [2.24, 2.45) is 5.73 Å². The van der Waals surface area contributed by atoms with Crippen LogP contribution in [0.3, 0.4) is 0 Å². The van der Waals surface area contributed by atoms with Crippen molar-refractivity contribution in [1.82, 2.24) is 0 Å². The van der Waals surface area contributed by atoms with Crippen LogP contribution < -0.4 is 16.2 Å². The number of nitrogens with two attached hydrogens (primary N) is 2. The molecule has 0 spiro atoms. The lowest BCUT2D eigenvalue weighted by atomic mass is 10.2. The van der Waals surface area contributed by atoms with Gasteiger partial charge in [-0.05, 0) is 36.8 Å². The highest BCUT2D eigenvalue weighted by atomic mass is 16.5. The van der Waals surface area contributed by atoms with Gasteiger partial charge in [-0.2, -0.15) is 0 Å². The number of hydrogen-bond acceptors (Lipinski definition) is 3. The van der Waals surface area contributed by atoms with Gasteiger partial charge >= 0.3 is 0 Å². The van der Waals surface area contributed by atoms with Crippen molar-refractivity contribution in [2.45, 2.75) is 6.92 Å². The Morgan fingerprint density at radius 2 is 1.89 bits per heavy atom. The number of ether oxygens (including phenoxy) is 1. The summed E-state index contributed by atoms with van der Waals surface area (Å²) in [6, 6.07) is 12.2. The molecule has 0 aliphatic carbocycles. The number of carbonyl (C=O) groups excluding carboxylic acids is 1. The smallest absolute Gasteiger partial charge is 0.252 e. The third-order valence-corrected chi connectivity index (χ3v) is 2.45. The summed E-state index contributed by atoms with van der Waals surface area (Å²) in [7, 11) is 0. The number of nitrogen functional groups attached to an aromatic ring is 1. The van der Waals surface area contributed by atoms with E-state index in [-0.39, 0.29) is 0 Å². The number of anilines is 1. The van der Waals surface area contributed by atoms with E-state index in [0.29, 0.717) is 22.7 Å². The van der Waals surface area contributed by atoms with Gasteiger partial charge in [0.2, 0.25) is 0 Å². The Morgan fingerprint density at radius 3 is 2.56 bits per heavy atom. The van der Waals surface area contributed by atoms with Crippen LogP contribution in [0.2, 0.25) is 0 Å². The quantitative estimate of drug-likeness (QED) is 0.811. The average Bonchev–Trinajstić information content (AvgIpc) is 2.27. The third kappa shape index (κ3) is 2.60. The van der Waals surface area contributed by atoms with E-state index in [9.17, 15) is 4.79 Å². The molecule has 0 aliphatic rings. The lowest BCUT2D eigenvalue weighted by molar-refractivity contribution is 0.0998. The molecule has 2 aromatic rings. The second-order valence-electron chi connectivity index (χ2n) is 4.04. The van der Waals surface area contributed by atoms with E-state index in [1.165, 1.54) is 0 Å². The van der Waals surface area contributed by atoms with Crippen molar-refractivity contribution < 1.29 is 9.53 Å². The number of amides is 1. The first kappa shape index (κ1) is 12.0. The van der Waals surface area contributed by atoms with E-state index in [4.69, 9.17) is 16.2 Å². The van der Waals surface area contributed by atoms with Gasteiger partial charge in [0.15, 0.2) is 0 Å². The minimum Gasteiger partial charge on any atom is -0.456 e. The van der Waals surface area contributed by atoms with Crippen LogP contribution in [0.5, 0.6) is 11.5 Å². The average molecular weight is 242 g/mol. The lowest BCUT2D eigenvalue weighted by Gasteiger charge is -2.10. The zero-order chi connectivity index (χ0) is 13.1. The van der Waals surface area contributed by atoms with Crippen LogP contribution in [0.1, 0.15) is 15.9 Å². The van der Waals surface area contributed by atoms with Crippen molar-refractivity contribution in [3.63, 3.8) is 0 Å². The maximum atomic E-state index is 11.3. The van der Waals surface area contributed by atoms with Gasteiger partial charge in [0.05, 0.1) is 5.56 Å². The summed E-state index contributed by atoms with van der Waals surface area (Å²) in [5, 5.41) is 0. The first-order valence-electron chi connectivity index (χ1n) is 5.50. The molecule has 0 unspecified atom stereocenters. The Hall–Kier alpha value is -2.49. The molecule has 2 rings (SSSR count). The summed E-state index contributed by atoms with van der Waals surface area (Å²) in [6.45, 7) is 1.92. The highest BCUT2D eigenvalue weighted by molar-refractivity contribution is 5.95. The van der Waals surface area contributed by atoms with Crippen LogP contribution in [0.25, 0.3) is 0 Å². The second-order valence-corrected chi connectivity index (χ2v) is 4.04. The maximum Gasteiger partial charge on any atom is 0.252 e. The van der Waals surface area contributed by atoms with Gasteiger partial charge in [-0.15, -0.1) is 0 Å². The Labute approximate surface area is 105 Å². The van der Waals surface area contributed by atoms with Crippen molar-refractivity contribution >= 4 is 11.6 Å². The van der Waals surface area contributed by atoms with Crippen LogP contribution in [-0.4, -0.2) is 5.91 Å². The first-order chi connectivity index (χ1) is 8.56. The zero-order valence-electron chi connectivity index (χ0n) is 10.0. The first-order valence-corrected chi connectivity index (χ1v) is 5.50. The van der Waals surface area contributed by atoms with E-state index in [1.807, 2.05) is 19.1 Å². The molecule has 0 aromatic heterocycles. The molecule has 1 amide bonds. The summed E-state index contributed by atoms with van der Waals surface area (Å²) in [5.74, 6) is 0.488. The molecule has 0 radical (unpaired) electrons. The van der Waals surface area contributed by atoms with Crippen LogP contribution in [0, 0.1) is 6.92 Å². The molecule has 92 valence electrons. The molecule has 4 N–H and O–H groups in total. The van der Waals surface area contributed by atoms with Gasteiger partial charge in [-0.1, -0.05) is 12.1 Å². The molecule has 0 heterocycles. The molecule has 0 saturated carbocycles. The molecule has 0 aliphatic heterocycles. The molecule has 0 atom stereocenters. The van der Waals surface area contributed by atoms with Crippen molar-refractivity contribution in [2.75, 3.05) is 5.73 Å². The van der Waals surface area contributed by atoms with E-state index < -0.39 is 5.91 Å². The Morgan fingerprint density at radius 1 is 1.17 bits per heavy atom. The van der Waals surface area contributed by atoms with Crippen LogP contribution in [0.4, 0.5) is 5.69 Å². The molecule has 0 saturated heterocycles. The molecular weight excluding hydrogens is 228 g/mol. The zero-order valence-corrected chi connectivity index (χ0v) is 10.0. The van der Waals surface area contributed by atoms with E-state index in [1.54, 1.807) is 30.3 Å². The van der Waals surface area contributed by atoms with E-state index in [0.717, 1.165) is 5.56 Å². The fraction of sp³-hybridized carbons (Fsp3) is 0.0714. The SMILES string of the molecule is Cc1cc(N)cc(Oc2ccccc2C(N)=O)c1. The molecule has 4 heteroatoms. The molecule has 4 nitrogen and oxygen atoms in total.